The summed E-state index contributed by atoms with van der Waals surface area (Å²) in [5, 5.41) is 7.42. The second-order valence-electron chi connectivity index (χ2n) is 5.45. The van der Waals surface area contributed by atoms with Crippen LogP contribution in [0.1, 0.15) is 60.8 Å². The van der Waals surface area contributed by atoms with Crippen molar-refractivity contribution in [3.63, 3.8) is 0 Å². The van der Waals surface area contributed by atoms with E-state index in [1.165, 1.54) is 29.6 Å². The fourth-order valence-corrected chi connectivity index (χ4v) is 3.78. The molecule has 1 heterocycles. The number of carbonyl (C=O) groups is 2. The molecule has 0 aromatic carbocycles. The van der Waals surface area contributed by atoms with Gasteiger partial charge in [0.25, 0.3) is 5.91 Å². The maximum absolute atomic E-state index is 12.4. The molecule has 1 aromatic rings. The third-order valence-electron chi connectivity index (χ3n) is 3.32. The molecule has 0 saturated carbocycles. The van der Waals surface area contributed by atoms with Crippen molar-refractivity contribution in [1.29, 1.82) is 0 Å². The van der Waals surface area contributed by atoms with E-state index in [4.69, 9.17) is 0 Å². The van der Waals surface area contributed by atoms with Crippen LogP contribution in [-0.2, 0) is 17.6 Å². The van der Waals surface area contributed by atoms with Crippen LogP contribution in [0, 0.1) is 0 Å². The Morgan fingerprint density at radius 2 is 1.81 bits per heavy atom. The SMILES string of the molecule is CC(=O)Nc1sc2c(c1C(=O)NN=C(C)C)CCCCC2. The van der Waals surface area contributed by atoms with Crippen molar-refractivity contribution in [2.45, 2.75) is 52.9 Å². The fourth-order valence-electron chi connectivity index (χ4n) is 2.45. The van der Waals surface area contributed by atoms with Crippen LogP contribution in [0.25, 0.3) is 0 Å². The molecular weight excluding hydrogens is 286 g/mol. The molecule has 2 amide bonds. The molecular formula is C15H21N3O2S. The third kappa shape index (κ3) is 3.91. The van der Waals surface area contributed by atoms with Crippen LogP contribution in [0.3, 0.4) is 0 Å². The van der Waals surface area contributed by atoms with E-state index in [1.54, 1.807) is 0 Å². The monoisotopic (exact) mass is 307 g/mol. The minimum atomic E-state index is -0.237. The highest BCUT2D eigenvalue weighted by Crippen LogP contribution is 2.37. The Morgan fingerprint density at radius 3 is 2.48 bits per heavy atom. The summed E-state index contributed by atoms with van der Waals surface area (Å²) >= 11 is 1.52. The smallest absolute Gasteiger partial charge is 0.274 e. The van der Waals surface area contributed by atoms with Crippen molar-refractivity contribution in [2.24, 2.45) is 5.10 Å². The van der Waals surface area contributed by atoms with Gasteiger partial charge >= 0.3 is 0 Å². The number of hydrogen-bond donors (Lipinski definition) is 2. The van der Waals surface area contributed by atoms with E-state index < -0.39 is 0 Å². The number of amides is 2. The van der Waals surface area contributed by atoms with E-state index in [2.05, 4.69) is 15.8 Å². The maximum atomic E-state index is 12.4. The summed E-state index contributed by atoms with van der Waals surface area (Å²) in [6.07, 6.45) is 5.28. The van der Waals surface area contributed by atoms with Crippen molar-refractivity contribution >= 4 is 33.9 Å². The minimum absolute atomic E-state index is 0.157. The number of hydrogen-bond acceptors (Lipinski definition) is 4. The summed E-state index contributed by atoms with van der Waals surface area (Å²) < 4.78 is 0. The lowest BCUT2D eigenvalue weighted by Crippen LogP contribution is -2.21. The molecule has 5 nitrogen and oxygen atoms in total. The number of hydrazone groups is 1. The summed E-state index contributed by atoms with van der Waals surface area (Å²) in [7, 11) is 0. The average Bonchev–Trinajstić information content (AvgIpc) is 2.57. The second kappa shape index (κ2) is 6.85. The quantitative estimate of drug-likeness (QED) is 0.512. The van der Waals surface area contributed by atoms with E-state index >= 15 is 0 Å². The summed E-state index contributed by atoms with van der Waals surface area (Å²) in [5.41, 5.74) is 5.04. The summed E-state index contributed by atoms with van der Waals surface area (Å²) in [4.78, 5) is 25.0. The molecule has 0 atom stereocenters. The van der Waals surface area contributed by atoms with Gasteiger partial charge in [0.15, 0.2) is 0 Å². The number of anilines is 1. The van der Waals surface area contributed by atoms with Crippen LogP contribution < -0.4 is 10.7 Å². The van der Waals surface area contributed by atoms with Gasteiger partial charge in [0.05, 0.1) is 5.56 Å². The number of thiophene rings is 1. The summed E-state index contributed by atoms with van der Waals surface area (Å²) in [6, 6.07) is 0. The lowest BCUT2D eigenvalue weighted by molar-refractivity contribution is -0.114. The number of carbonyl (C=O) groups excluding carboxylic acids is 2. The van der Waals surface area contributed by atoms with Gasteiger partial charge < -0.3 is 5.32 Å². The molecule has 0 radical (unpaired) electrons. The first-order valence-corrected chi connectivity index (χ1v) is 8.04. The molecule has 1 aliphatic carbocycles. The van der Waals surface area contributed by atoms with Gasteiger partial charge in [-0.2, -0.15) is 5.10 Å². The predicted molar refractivity (Wildman–Crippen MR) is 86.1 cm³/mol. The first-order chi connectivity index (χ1) is 9.99. The minimum Gasteiger partial charge on any atom is -0.317 e. The van der Waals surface area contributed by atoms with Crippen molar-refractivity contribution in [2.75, 3.05) is 5.32 Å². The van der Waals surface area contributed by atoms with Crippen molar-refractivity contribution in [3.05, 3.63) is 16.0 Å². The Kier molecular flexibility index (Phi) is 5.12. The summed E-state index contributed by atoms with van der Waals surface area (Å²) in [6.45, 7) is 5.10. The Labute approximate surface area is 128 Å². The van der Waals surface area contributed by atoms with E-state index in [0.29, 0.717) is 10.6 Å². The van der Waals surface area contributed by atoms with Crippen LogP contribution in [0.2, 0.25) is 0 Å². The van der Waals surface area contributed by atoms with Gasteiger partial charge in [0, 0.05) is 17.5 Å². The first-order valence-electron chi connectivity index (χ1n) is 7.22. The van der Waals surface area contributed by atoms with Crippen LogP contribution in [0.5, 0.6) is 0 Å². The molecule has 1 aliphatic rings. The number of fused-ring (bicyclic) bond motifs is 1. The van der Waals surface area contributed by atoms with E-state index in [9.17, 15) is 9.59 Å². The number of aryl methyl sites for hydroxylation is 1. The first kappa shape index (κ1) is 15.7. The Balaban J connectivity index is 2.39. The molecule has 0 saturated heterocycles. The van der Waals surface area contributed by atoms with Crippen LogP contribution in [0.15, 0.2) is 5.10 Å². The van der Waals surface area contributed by atoms with Crippen molar-refractivity contribution in [3.8, 4) is 0 Å². The topological polar surface area (TPSA) is 70.6 Å². The van der Waals surface area contributed by atoms with Crippen LogP contribution in [-0.4, -0.2) is 17.5 Å². The van der Waals surface area contributed by atoms with Gasteiger partial charge in [-0.1, -0.05) is 6.42 Å². The zero-order valence-corrected chi connectivity index (χ0v) is 13.5. The van der Waals surface area contributed by atoms with Gasteiger partial charge in [-0.05, 0) is 45.1 Å². The number of nitrogens with one attached hydrogen (secondary N) is 2. The summed E-state index contributed by atoms with van der Waals surface area (Å²) in [5.74, 6) is -0.394. The molecule has 2 rings (SSSR count). The Bertz CT molecular complexity index is 586. The molecule has 6 heteroatoms. The van der Waals surface area contributed by atoms with E-state index in [0.717, 1.165) is 37.0 Å². The zero-order chi connectivity index (χ0) is 15.4. The second-order valence-corrected chi connectivity index (χ2v) is 6.55. The molecule has 114 valence electrons. The van der Waals surface area contributed by atoms with Gasteiger partial charge in [-0.3, -0.25) is 9.59 Å². The standard InChI is InChI=1S/C15H21N3O2S/c1-9(2)17-18-14(20)13-11-7-5-4-6-8-12(11)21-15(13)16-10(3)19/h4-8H2,1-3H3,(H,16,19)(H,18,20). The highest BCUT2D eigenvalue weighted by Gasteiger charge is 2.25. The van der Waals surface area contributed by atoms with Crippen LogP contribution >= 0.6 is 11.3 Å². The number of rotatable bonds is 3. The highest BCUT2D eigenvalue weighted by molar-refractivity contribution is 7.17. The lowest BCUT2D eigenvalue weighted by Gasteiger charge is -2.07. The molecule has 21 heavy (non-hydrogen) atoms. The fraction of sp³-hybridized carbons (Fsp3) is 0.533. The Morgan fingerprint density at radius 1 is 1.10 bits per heavy atom. The molecule has 0 aliphatic heterocycles. The van der Waals surface area contributed by atoms with Gasteiger partial charge in [-0.25, -0.2) is 5.43 Å². The predicted octanol–water partition coefficient (Wildman–Crippen LogP) is 3.10. The van der Waals surface area contributed by atoms with Gasteiger partial charge in [-0.15, -0.1) is 11.3 Å². The highest BCUT2D eigenvalue weighted by atomic mass is 32.1. The molecule has 0 bridgehead atoms. The van der Waals surface area contributed by atoms with E-state index in [-0.39, 0.29) is 11.8 Å². The molecule has 0 fully saturated rings. The van der Waals surface area contributed by atoms with Crippen molar-refractivity contribution < 1.29 is 9.59 Å². The van der Waals surface area contributed by atoms with Gasteiger partial charge in [0.2, 0.25) is 5.91 Å². The molecule has 0 unspecified atom stereocenters. The average molecular weight is 307 g/mol. The van der Waals surface area contributed by atoms with Gasteiger partial charge in [0.1, 0.15) is 5.00 Å². The zero-order valence-electron chi connectivity index (χ0n) is 12.7. The molecule has 0 spiro atoms. The maximum Gasteiger partial charge on any atom is 0.274 e. The number of nitrogens with zero attached hydrogens (tertiary/aromatic N) is 1. The molecule has 2 N–H and O–H groups in total. The van der Waals surface area contributed by atoms with Crippen LogP contribution in [0.4, 0.5) is 5.00 Å². The third-order valence-corrected chi connectivity index (χ3v) is 4.53. The van der Waals surface area contributed by atoms with E-state index in [1.807, 2.05) is 13.8 Å². The Hall–Kier alpha value is -1.69. The van der Waals surface area contributed by atoms with Crippen molar-refractivity contribution in [1.82, 2.24) is 5.43 Å². The largest absolute Gasteiger partial charge is 0.317 e. The molecule has 1 aromatic heterocycles. The lowest BCUT2D eigenvalue weighted by atomic mass is 10.1. The normalized spacial score (nSPS) is 13.9.